The van der Waals surface area contributed by atoms with Crippen LogP contribution in [0.5, 0.6) is 0 Å². The van der Waals surface area contributed by atoms with Gasteiger partial charge in [-0.2, -0.15) is 18.3 Å². The van der Waals surface area contributed by atoms with Crippen LogP contribution in [0, 0.1) is 5.82 Å². The SMILES string of the molecule is O=C(c1cccc(C(F)(F)F)c1)N1CCn2nc(-c3ccc(F)cn3)cc2C1. The van der Waals surface area contributed by atoms with Gasteiger partial charge < -0.3 is 4.90 Å². The van der Waals surface area contributed by atoms with Gasteiger partial charge in [0.25, 0.3) is 5.91 Å². The second-order valence-corrected chi connectivity index (χ2v) is 6.41. The van der Waals surface area contributed by atoms with Crippen LogP contribution in [0.1, 0.15) is 21.6 Å². The first-order chi connectivity index (χ1) is 13.3. The molecule has 1 aliphatic rings. The number of rotatable bonds is 2. The van der Waals surface area contributed by atoms with Gasteiger partial charge in [0.1, 0.15) is 11.5 Å². The quantitative estimate of drug-likeness (QED) is 0.626. The summed E-state index contributed by atoms with van der Waals surface area (Å²) in [7, 11) is 0. The second kappa shape index (κ2) is 6.74. The maximum Gasteiger partial charge on any atom is 0.416 e. The van der Waals surface area contributed by atoms with Gasteiger partial charge in [0.05, 0.1) is 36.2 Å². The van der Waals surface area contributed by atoms with Crippen LogP contribution in [-0.2, 0) is 19.3 Å². The average Bonchev–Trinajstić information content (AvgIpc) is 3.10. The molecule has 5 nitrogen and oxygen atoms in total. The highest BCUT2D eigenvalue weighted by Crippen LogP contribution is 2.30. The van der Waals surface area contributed by atoms with Crippen LogP contribution >= 0.6 is 0 Å². The highest BCUT2D eigenvalue weighted by atomic mass is 19.4. The molecule has 0 aliphatic carbocycles. The van der Waals surface area contributed by atoms with E-state index in [9.17, 15) is 22.4 Å². The van der Waals surface area contributed by atoms with Crippen molar-refractivity contribution in [3.8, 4) is 11.4 Å². The van der Waals surface area contributed by atoms with Crippen molar-refractivity contribution in [2.75, 3.05) is 6.54 Å². The van der Waals surface area contributed by atoms with E-state index in [0.717, 1.165) is 24.0 Å². The predicted molar refractivity (Wildman–Crippen MR) is 91.6 cm³/mol. The Labute approximate surface area is 157 Å². The third-order valence-corrected chi connectivity index (χ3v) is 4.51. The molecule has 1 amide bonds. The zero-order valence-electron chi connectivity index (χ0n) is 14.4. The van der Waals surface area contributed by atoms with E-state index < -0.39 is 23.5 Å². The number of pyridine rings is 1. The first-order valence-electron chi connectivity index (χ1n) is 8.46. The lowest BCUT2D eigenvalue weighted by molar-refractivity contribution is -0.137. The van der Waals surface area contributed by atoms with E-state index in [1.807, 2.05) is 0 Å². The lowest BCUT2D eigenvalue weighted by atomic mass is 10.1. The molecule has 0 N–H and O–H groups in total. The Kier molecular flexibility index (Phi) is 4.37. The van der Waals surface area contributed by atoms with Crippen LogP contribution in [0.15, 0.2) is 48.7 Å². The number of hydrogen-bond donors (Lipinski definition) is 0. The Morgan fingerprint density at radius 3 is 2.57 bits per heavy atom. The number of nitrogens with zero attached hydrogens (tertiary/aromatic N) is 4. The van der Waals surface area contributed by atoms with Gasteiger partial charge in [-0.25, -0.2) is 4.39 Å². The van der Waals surface area contributed by atoms with Crippen molar-refractivity contribution in [3.63, 3.8) is 0 Å². The van der Waals surface area contributed by atoms with Gasteiger partial charge >= 0.3 is 6.18 Å². The summed E-state index contributed by atoms with van der Waals surface area (Å²) >= 11 is 0. The lowest BCUT2D eigenvalue weighted by Gasteiger charge is -2.28. The van der Waals surface area contributed by atoms with Crippen LogP contribution in [0.3, 0.4) is 0 Å². The number of carbonyl (C=O) groups excluding carboxylic acids is 1. The van der Waals surface area contributed by atoms with Crippen molar-refractivity contribution in [2.24, 2.45) is 0 Å². The maximum atomic E-state index is 13.0. The lowest BCUT2D eigenvalue weighted by Crippen LogP contribution is -2.38. The minimum atomic E-state index is -4.51. The van der Waals surface area contributed by atoms with E-state index in [1.165, 1.54) is 29.2 Å². The standard InChI is InChI=1S/C19H14F4N4O/c20-14-4-5-16(24-10-14)17-9-15-11-26(6-7-27(15)25-17)18(28)12-2-1-3-13(8-12)19(21,22)23/h1-5,8-10H,6-7,11H2. The molecule has 3 heterocycles. The van der Waals surface area contributed by atoms with Gasteiger partial charge in [-0.3, -0.25) is 14.5 Å². The molecule has 0 atom stereocenters. The number of hydrogen-bond acceptors (Lipinski definition) is 3. The molecule has 2 aromatic heterocycles. The van der Waals surface area contributed by atoms with Crippen LogP contribution < -0.4 is 0 Å². The van der Waals surface area contributed by atoms with Crippen LogP contribution in [-0.4, -0.2) is 32.1 Å². The summed E-state index contributed by atoms with van der Waals surface area (Å²) in [6.45, 7) is 0.935. The molecule has 0 spiro atoms. The topological polar surface area (TPSA) is 51.0 Å². The van der Waals surface area contributed by atoms with E-state index >= 15 is 0 Å². The van der Waals surface area contributed by atoms with E-state index in [-0.39, 0.29) is 12.1 Å². The predicted octanol–water partition coefficient (Wildman–Crippen LogP) is 3.76. The minimum absolute atomic E-state index is 0.0109. The van der Waals surface area contributed by atoms with Gasteiger partial charge in [-0.1, -0.05) is 6.07 Å². The van der Waals surface area contributed by atoms with Crippen molar-refractivity contribution < 1.29 is 22.4 Å². The van der Waals surface area contributed by atoms with E-state index in [1.54, 1.807) is 10.7 Å². The Balaban J connectivity index is 1.56. The molecule has 4 rings (SSSR count). The molecule has 0 fully saturated rings. The molecule has 28 heavy (non-hydrogen) atoms. The smallest absolute Gasteiger partial charge is 0.331 e. The Morgan fingerprint density at radius 2 is 1.86 bits per heavy atom. The molecular formula is C19H14F4N4O. The van der Waals surface area contributed by atoms with Crippen molar-refractivity contribution in [3.05, 3.63) is 71.3 Å². The largest absolute Gasteiger partial charge is 0.416 e. The normalized spacial score (nSPS) is 14.1. The summed E-state index contributed by atoms with van der Waals surface area (Å²) in [6, 6.07) is 8.93. The molecule has 1 aromatic carbocycles. The van der Waals surface area contributed by atoms with Gasteiger partial charge in [-0.15, -0.1) is 0 Å². The second-order valence-electron chi connectivity index (χ2n) is 6.41. The van der Waals surface area contributed by atoms with Crippen molar-refractivity contribution in [1.29, 1.82) is 0 Å². The average molecular weight is 390 g/mol. The van der Waals surface area contributed by atoms with E-state index in [4.69, 9.17) is 0 Å². The third kappa shape index (κ3) is 3.47. The number of fused-ring (bicyclic) bond motifs is 1. The molecule has 0 saturated carbocycles. The van der Waals surface area contributed by atoms with Crippen LogP contribution in [0.25, 0.3) is 11.4 Å². The number of benzene rings is 1. The molecule has 3 aromatic rings. The van der Waals surface area contributed by atoms with E-state index in [0.29, 0.717) is 24.5 Å². The van der Waals surface area contributed by atoms with Crippen LogP contribution in [0.4, 0.5) is 17.6 Å². The molecule has 9 heteroatoms. The number of alkyl halides is 3. The van der Waals surface area contributed by atoms with E-state index in [2.05, 4.69) is 10.1 Å². The molecular weight excluding hydrogens is 376 g/mol. The molecule has 0 radical (unpaired) electrons. The Bertz CT molecular complexity index is 1030. The number of aromatic nitrogens is 3. The van der Waals surface area contributed by atoms with Gasteiger partial charge in [0, 0.05) is 12.1 Å². The fraction of sp³-hybridized carbons (Fsp3) is 0.211. The number of amides is 1. The fourth-order valence-corrected chi connectivity index (χ4v) is 3.10. The van der Waals surface area contributed by atoms with Crippen molar-refractivity contribution in [1.82, 2.24) is 19.7 Å². The van der Waals surface area contributed by atoms with Gasteiger partial charge in [0.2, 0.25) is 0 Å². The summed E-state index contributed by atoms with van der Waals surface area (Å²) in [5.41, 5.74) is 0.906. The Hall–Kier alpha value is -3.23. The fourth-order valence-electron chi connectivity index (χ4n) is 3.10. The van der Waals surface area contributed by atoms with Crippen molar-refractivity contribution >= 4 is 5.91 Å². The summed E-state index contributed by atoms with van der Waals surface area (Å²) in [5.74, 6) is -0.925. The molecule has 144 valence electrons. The minimum Gasteiger partial charge on any atom is -0.331 e. The zero-order valence-corrected chi connectivity index (χ0v) is 14.4. The monoisotopic (exact) mass is 390 g/mol. The van der Waals surface area contributed by atoms with Crippen molar-refractivity contribution in [2.45, 2.75) is 19.3 Å². The summed E-state index contributed by atoms with van der Waals surface area (Å²) < 4.78 is 53.4. The molecule has 0 unspecified atom stereocenters. The first kappa shape index (κ1) is 18.1. The maximum absolute atomic E-state index is 13.0. The highest BCUT2D eigenvalue weighted by Gasteiger charge is 2.32. The number of halogens is 4. The number of carbonyl (C=O) groups is 1. The molecule has 0 saturated heterocycles. The first-order valence-corrected chi connectivity index (χ1v) is 8.46. The summed E-state index contributed by atoms with van der Waals surface area (Å²) in [6.07, 6.45) is -3.41. The third-order valence-electron chi connectivity index (χ3n) is 4.51. The molecule has 0 bridgehead atoms. The zero-order chi connectivity index (χ0) is 19.9. The Morgan fingerprint density at radius 1 is 1.04 bits per heavy atom. The van der Waals surface area contributed by atoms with Gasteiger partial charge in [0.15, 0.2) is 0 Å². The molecule has 1 aliphatic heterocycles. The summed E-state index contributed by atoms with van der Waals surface area (Å²) in [5, 5.41) is 4.41. The van der Waals surface area contributed by atoms with Gasteiger partial charge in [-0.05, 0) is 36.4 Å². The summed E-state index contributed by atoms with van der Waals surface area (Å²) in [4.78, 5) is 18.1. The highest BCUT2D eigenvalue weighted by molar-refractivity contribution is 5.94. The van der Waals surface area contributed by atoms with Crippen LogP contribution in [0.2, 0.25) is 0 Å².